The standard InChI is InChI=1S/C22H31N3O2/c1-14(20-12-15-8-9-18(20)10-15)24-22(27)23-13-16-4-2-7-19(11-16)25-21(26)17-5-3-6-17/h2,4,7,11,14-15,17-18,20H,3,5-6,8-10,12-13H2,1H3,(H,25,26)(H2,23,24,27)/t14-,15+,18+,20+/m1/s1. The predicted molar refractivity (Wildman–Crippen MR) is 106 cm³/mol. The largest absolute Gasteiger partial charge is 0.335 e. The van der Waals surface area contributed by atoms with Crippen molar-refractivity contribution in [2.75, 3.05) is 5.32 Å². The Morgan fingerprint density at radius 1 is 1.15 bits per heavy atom. The van der Waals surface area contributed by atoms with Gasteiger partial charge >= 0.3 is 6.03 Å². The summed E-state index contributed by atoms with van der Waals surface area (Å²) in [5.74, 6) is 2.62. The molecule has 0 unspecified atom stereocenters. The van der Waals surface area contributed by atoms with E-state index in [1.54, 1.807) is 0 Å². The molecule has 0 saturated heterocycles. The fourth-order valence-corrected chi connectivity index (χ4v) is 5.13. The molecule has 0 aromatic heterocycles. The lowest BCUT2D eigenvalue weighted by atomic mass is 9.84. The molecule has 3 amide bonds. The molecule has 3 N–H and O–H groups in total. The Balaban J connectivity index is 1.23. The predicted octanol–water partition coefficient (Wildman–Crippen LogP) is 4.05. The highest BCUT2D eigenvalue weighted by molar-refractivity contribution is 5.93. The average molecular weight is 370 g/mol. The lowest BCUT2D eigenvalue weighted by Gasteiger charge is -2.28. The first-order chi connectivity index (χ1) is 13.1. The second-order valence-electron chi connectivity index (χ2n) is 8.77. The SMILES string of the molecule is C[C@@H](NC(=O)NCc1cccc(NC(=O)C2CCC2)c1)[C@@H]1C[C@H]2CC[C@H]1C2. The van der Waals surface area contributed by atoms with Gasteiger partial charge in [0, 0.05) is 24.2 Å². The number of fused-ring (bicyclic) bond motifs is 2. The summed E-state index contributed by atoms with van der Waals surface area (Å²) in [6.45, 7) is 2.60. The zero-order chi connectivity index (χ0) is 18.8. The van der Waals surface area contributed by atoms with Crippen molar-refractivity contribution in [3.8, 4) is 0 Å². The van der Waals surface area contributed by atoms with Crippen LogP contribution < -0.4 is 16.0 Å². The van der Waals surface area contributed by atoms with Crippen molar-refractivity contribution < 1.29 is 9.59 Å². The number of benzene rings is 1. The Kier molecular flexibility index (Phi) is 5.37. The van der Waals surface area contributed by atoms with Gasteiger partial charge in [-0.15, -0.1) is 0 Å². The van der Waals surface area contributed by atoms with E-state index in [-0.39, 0.29) is 23.9 Å². The first kappa shape index (κ1) is 18.3. The maximum atomic E-state index is 12.3. The van der Waals surface area contributed by atoms with Gasteiger partial charge in [0.25, 0.3) is 0 Å². The van der Waals surface area contributed by atoms with Crippen LogP contribution in [0.2, 0.25) is 0 Å². The third-order valence-electron chi connectivity index (χ3n) is 6.92. The second kappa shape index (κ2) is 7.91. The smallest absolute Gasteiger partial charge is 0.315 e. The van der Waals surface area contributed by atoms with Gasteiger partial charge in [0.1, 0.15) is 0 Å². The Hall–Kier alpha value is -2.04. The molecule has 3 aliphatic carbocycles. The second-order valence-corrected chi connectivity index (χ2v) is 8.77. The minimum Gasteiger partial charge on any atom is -0.335 e. The van der Waals surface area contributed by atoms with Crippen molar-refractivity contribution in [3.63, 3.8) is 0 Å². The van der Waals surface area contributed by atoms with Gasteiger partial charge in [0.05, 0.1) is 0 Å². The molecule has 3 saturated carbocycles. The van der Waals surface area contributed by atoms with Gasteiger partial charge in [0.2, 0.25) is 5.91 Å². The van der Waals surface area contributed by atoms with Crippen LogP contribution in [0.1, 0.15) is 57.4 Å². The summed E-state index contributed by atoms with van der Waals surface area (Å²) in [7, 11) is 0. The van der Waals surface area contributed by atoms with E-state index in [0.717, 1.165) is 42.3 Å². The normalized spacial score (nSPS) is 27.7. The highest BCUT2D eigenvalue weighted by Gasteiger charge is 2.42. The summed E-state index contributed by atoms with van der Waals surface area (Å²) in [5, 5.41) is 9.08. The number of amides is 3. The first-order valence-corrected chi connectivity index (χ1v) is 10.5. The molecule has 5 heteroatoms. The molecule has 0 spiro atoms. The molecule has 2 bridgehead atoms. The minimum atomic E-state index is -0.103. The Bertz CT molecular complexity index is 701. The molecular weight excluding hydrogens is 338 g/mol. The Labute approximate surface area is 161 Å². The van der Waals surface area contributed by atoms with E-state index in [1.807, 2.05) is 24.3 Å². The Morgan fingerprint density at radius 2 is 2.00 bits per heavy atom. The van der Waals surface area contributed by atoms with Gasteiger partial charge < -0.3 is 16.0 Å². The number of hydrogen-bond acceptors (Lipinski definition) is 2. The van der Waals surface area contributed by atoms with Crippen molar-refractivity contribution in [1.29, 1.82) is 0 Å². The third kappa shape index (κ3) is 4.28. The van der Waals surface area contributed by atoms with Crippen LogP contribution in [0.15, 0.2) is 24.3 Å². The number of rotatable bonds is 6. The van der Waals surface area contributed by atoms with Gasteiger partial charge in [-0.25, -0.2) is 4.79 Å². The van der Waals surface area contributed by atoms with Crippen LogP contribution in [-0.4, -0.2) is 18.0 Å². The van der Waals surface area contributed by atoms with Crippen LogP contribution >= 0.6 is 0 Å². The van der Waals surface area contributed by atoms with Crippen LogP contribution in [0.3, 0.4) is 0 Å². The molecule has 146 valence electrons. The minimum absolute atomic E-state index is 0.103. The maximum Gasteiger partial charge on any atom is 0.315 e. The summed E-state index contributed by atoms with van der Waals surface area (Å²) in [4.78, 5) is 24.4. The number of anilines is 1. The summed E-state index contributed by atoms with van der Waals surface area (Å²) in [5.41, 5.74) is 1.80. The summed E-state index contributed by atoms with van der Waals surface area (Å²) in [6.07, 6.45) is 8.49. The van der Waals surface area contributed by atoms with Gasteiger partial charge in [-0.05, 0) is 74.5 Å². The monoisotopic (exact) mass is 369 g/mol. The molecule has 3 fully saturated rings. The van der Waals surface area contributed by atoms with E-state index in [9.17, 15) is 9.59 Å². The van der Waals surface area contributed by atoms with Gasteiger partial charge in [0.15, 0.2) is 0 Å². The highest BCUT2D eigenvalue weighted by Crippen LogP contribution is 2.49. The van der Waals surface area contributed by atoms with Crippen molar-refractivity contribution in [3.05, 3.63) is 29.8 Å². The maximum absolute atomic E-state index is 12.3. The number of carbonyl (C=O) groups is 2. The van der Waals surface area contributed by atoms with Crippen LogP contribution in [-0.2, 0) is 11.3 Å². The van der Waals surface area contributed by atoms with Gasteiger partial charge in [-0.3, -0.25) is 4.79 Å². The molecule has 0 aliphatic heterocycles. The van der Waals surface area contributed by atoms with Crippen molar-refractivity contribution >= 4 is 17.6 Å². The van der Waals surface area contributed by atoms with E-state index < -0.39 is 0 Å². The summed E-state index contributed by atoms with van der Waals surface area (Å²) in [6, 6.07) is 7.86. The van der Waals surface area contributed by atoms with Crippen molar-refractivity contribution in [2.45, 2.75) is 64.5 Å². The number of urea groups is 1. The summed E-state index contributed by atoms with van der Waals surface area (Å²) < 4.78 is 0. The molecule has 3 aliphatic rings. The molecule has 27 heavy (non-hydrogen) atoms. The van der Waals surface area contributed by atoms with E-state index in [0.29, 0.717) is 12.5 Å². The van der Waals surface area contributed by atoms with Crippen LogP contribution in [0, 0.1) is 23.7 Å². The average Bonchev–Trinajstić information content (AvgIpc) is 3.22. The third-order valence-corrected chi connectivity index (χ3v) is 6.92. The van der Waals surface area contributed by atoms with Crippen LogP contribution in [0.25, 0.3) is 0 Å². The lowest BCUT2D eigenvalue weighted by Crippen LogP contribution is -2.45. The molecular formula is C22H31N3O2. The van der Waals surface area contributed by atoms with E-state index in [4.69, 9.17) is 0 Å². The zero-order valence-corrected chi connectivity index (χ0v) is 16.2. The molecule has 1 aromatic rings. The van der Waals surface area contributed by atoms with Gasteiger partial charge in [-0.1, -0.05) is 25.0 Å². The number of hydrogen-bond donors (Lipinski definition) is 3. The number of carbonyl (C=O) groups excluding carboxylic acids is 2. The van der Waals surface area contributed by atoms with Crippen molar-refractivity contribution in [1.82, 2.24) is 10.6 Å². The van der Waals surface area contributed by atoms with E-state index in [1.165, 1.54) is 25.7 Å². The molecule has 0 heterocycles. The lowest BCUT2D eigenvalue weighted by molar-refractivity contribution is -0.122. The summed E-state index contributed by atoms with van der Waals surface area (Å²) >= 11 is 0. The van der Waals surface area contributed by atoms with Crippen LogP contribution in [0.4, 0.5) is 10.5 Å². The first-order valence-electron chi connectivity index (χ1n) is 10.5. The number of nitrogens with one attached hydrogen (secondary N) is 3. The Morgan fingerprint density at radius 3 is 2.67 bits per heavy atom. The molecule has 1 aromatic carbocycles. The molecule has 0 radical (unpaired) electrons. The quantitative estimate of drug-likeness (QED) is 0.708. The van der Waals surface area contributed by atoms with Crippen molar-refractivity contribution in [2.24, 2.45) is 23.7 Å². The fraction of sp³-hybridized carbons (Fsp3) is 0.636. The fourth-order valence-electron chi connectivity index (χ4n) is 5.13. The van der Waals surface area contributed by atoms with Gasteiger partial charge in [-0.2, -0.15) is 0 Å². The van der Waals surface area contributed by atoms with Crippen LogP contribution in [0.5, 0.6) is 0 Å². The molecule has 4 rings (SSSR count). The molecule has 5 nitrogen and oxygen atoms in total. The zero-order valence-electron chi connectivity index (χ0n) is 16.2. The van der Waals surface area contributed by atoms with E-state index >= 15 is 0 Å². The van der Waals surface area contributed by atoms with E-state index in [2.05, 4.69) is 22.9 Å². The molecule has 4 atom stereocenters. The topological polar surface area (TPSA) is 70.2 Å². The highest BCUT2D eigenvalue weighted by atomic mass is 16.2.